The van der Waals surface area contributed by atoms with Gasteiger partial charge in [0, 0.05) is 4.47 Å². The highest BCUT2D eigenvalue weighted by Crippen LogP contribution is 2.28. The second kappa shape index (κ2) is 5.33. The molecule has 0 radical (unpaired) electrons. The lowest BCUT2D eigenvalue weighted by atomic mass is 10.3. The van der Waals surface area contributed by atoms with Gasteiger partial charge >= 0.3 is 0 Å². The molecule has 6 heteroatoms. The summed E-state index contributed by atoms with van der Waals surface area (Å²) in [5, 5.41) is 0.544. The molecule has 2 rings (SSSR count). The number of nitrogens with two attached hydrogens (primary N) is 1. The summed E-state index contributed by atoms with van der Waals surface area (Å²) in [6.07, 6.45) is 3.06. The van der Waals surface area contributed by atoms with Crippen LogP contribution in [0.15, 0.2) is 35.1 Å². The minimum Gasteiger partial charge on any atom is -0.486 e. The number of anilines is 1. The Morgan fingerprint density at radius 1 is 1.29 bits per heavy atom. The molecule has 0 bridgehead atoms. The number of benzene rings is 1. The van der Waals surface area contributed by atoms with Gasteiger partial charge in [0.25, 0.3) is 0 Å². The van der Waals surface area contributed by atoms with Crippen molar-refractivity contribution < 1.29 is 4.74 Å². The number of ether oxygens (including phenoxy) is 1. The summed E-state index contributed by atoms with van der Waals surface area (Å²) in [7, 11) is 0. The van der Waals surface area contributed by atoms with E-state index >= 15 is 0 Å². The highest BCUT2D eigenvalue weighted by atomic mass is 79.9. The maximum Gasteiger partial charge on any atom is 0.141 e. The van der Waals surface area contributed by atoms with E-state index in [0.717, 1.165) is 4.47 Å². The number of hydrogen-bond donors (Lipinski definition) is 1. The van der Waals surface area contributed by atoms with E-state index in [9.17, 15) is 0 Å². The first-order chi connectivity index (χ1) is 8.15. The Balaban J connectivity index is 2.04. The molecular formula is C11H9BrClN3O. The molecule has 0 saturated carbocycles. The van der Waals surface area contributed by atoms with Crippen molar-refractivity contribution in [2.75, 3.05) is 5.73 Å². The van der Waals surface area contributed by atoms with Crippen molar-refractivity contribution in [3.63, 3.8) is 0 Å². The lowest BCUT2D eigenvalue weighted by molar-refractivity contribution is 0.301. The zero-order valence-electron chi connectivity index (χ0n) is 8.73. The first kappa shape index (κ1) is 12.1. The summed E-state index contributed by atoms with van der Waals surface area (Å²) in [5.41, 5.74) is 6.13. The summed E-state index contributed by atoms with van der Waals surface area (Å²) in [6.45, 7) is 0.300. The van der Waals surface area contributed by atoms with Gasteiger partial charge in [0.15, 0.2) is 0 Å². The average molecular weight is 315 g/mol. The third kappa shape index (κ3) is 3.31. The molecule has 0 aliphatic rings. The van der Waals surface area contributed by atoms with E-state index in [-0.39, 0.29) is 0 Å². The fourth-order valence-electron chi connectivity index (χ4n) is 1.18. The van der Waals surface area contributed by atoms with Crippen molar-refractivity contribution in [1.29, 1.82) is 0 Å². The lowest BCUT2D eigenvalue weighted by Gasteiger charge is -2.07. The van der Waals surface area contributed by atoms with E-state index in [0.29, 0.717) is 28.9 Å². The molecule has 0 unspecified atom stereocenters. The Bertz CT molecular complexity index is 519. The fourth-order valence-corrected chi connectivity index (χ4v) is 1.91. The number of aromatic nitrogens is 2. The van der Waals surface area contributed by atoms with Crippen LogP contribution in [-0.4, -0.2) is 9.97 Å². The predicted octanol–water partition coefficient (Wildman–Crippen LogP) is 3.05. The fraction of sp³-hybridized carbons (Fsp3) is 0.0909. The summed E-state index contributed by atoms with van der Waals surface area (Å²) >= 11 is 9.33. The van der Waals surface area contributed by atoms with Crippen LogP contribution in [0.2, 0.25) is 5.02 Å². The van der Waals surface area contributed by atoms with Crippen LogP contribution in [0.1, 0.15) is 5.69 Å². The number of hydrogen-bond acceptors (Lipinski definition) is 4. The molecular weight excluding hydrogens is 305 g/mol. The number of rotatable bonds is 3. The van der Waals surface area contributed by atoms with Gasteiger partial charge < -0.3 is 10.5 Å². The quantitative estimate of drug-likeness (QED) is 0.946. The van der Waals surface area contributed by atoms with Crippen molar-refractivity contribution in [3.05, 3.63) is 45.8 Å². The second-order valence-electron chi connectivity index (χ2n) is 3.30. The standard InChI is InChI=1S/C11H9BrClN3O/c12-7-1-2-10(9(13)3-7)17-6-8-4-16-11(14)5-15-8/h1-5H,6H2,(H2,14,16). The average Bonchev–Trinajstić information content (AvgIpc) is 2.30. The second-order valence-corrected chi connectivity index (χ2v) is 4.62. The van der Waals surface area contributed by atoms with Gasteiger partial charge in [-0.05, 0) is 18.2 Å². The molecule has 2 aromatic rings. The summed E-state index contributed by atoms with van der Waals surface area (Å²) in [4.78, 5) is 8.00. The molecule has 0 atom stereocenters. The van der Waals surface area contributed by atoms with Crippen molar-refractivity contribution in [3.8, 4) is 5.75 Å². The predicted molar refractivity (Wildman–Crippen MR) is 69.9 cm³/mol. The molecule has 4 nitrogen and oxygen atoms in total. The number of nitrogen functional groups attached to an aromatic ring is 1. The highest BCUT2D eigenvalue weighted by molar-refractivity contribution is 9.10. The van der Waals surface area contributed by atoms with E-state index in [1.165, 1.54) is 6.20 Å². The van der Waals surface area contributed by atoms with E-state index in [2.05, 4.69) is 25.9 Å². The zero-order chi connectivity index (χ0) is 12.3. The van der Waals surface area contributed by atoms with Gasteiger partial charge in [-0.15, -0.1) is 0 Å². The number of halogens is 2. The molecule has 1 heterocycles. The number of nitrogens with zero attached hydrogens (tertiary/aromatic N) is 2. The van der Waals surface area contributed by atoms with Crippen LogP contribution in [0, 0.1) is 0 Å². The molecule has 0 aliphatic carbocycles. The maximum atomic E-state index is 6.01. The first-order valence-corrected chi connectivity index (χ1v) is 5.96. The minimum absolute atomic E-state index is 0.300. The van der Waals surface area contributed by atoms with E-state index in [1.807, 2.05) is 6.07 Å². The van der Waals surface area contributed by atoms with Crippen molar-refractivity contribution >= 4 is 33.3 Å². The van der Waals surface area contributed by atoms with Crippen LogP contribution in [0.3, 0.4) is 0 Å². The molecule has 0 aliphatic heterocycles. The Morgan fingerprint density at radius 2 is 2.12 bits per heavy atom. The SMILES string of the molecule is Nc1cnc(COc2ccc(Br)cc2Cl)cn1. The van der Waals surface area contributed by atoms with Crippen LogP contribution >= 0.6 is 27.5 Å². The summed E-state index contributed by atoms with van der Waals surface area (Å²) < 4.78 is 6.43. The van der Waals surface area contributed by atoms with Gasteiger partial charge in [0.1, 0.15) is 18.2 Å². The maximum absolute atomic E-state index is 6.01. The molecule has 1 aromatic heterocycles. The summed E-state index contributed by atoms with van der Waals surface area (Å²) in [5.74, 6) is 0.990. The summed E-state index contributed by atoms with van der Waals surface area (Å²) in [6, 6.07) is 5.42. The van der Waals surface area contributed by atoms with E-state index in [1.54, 1.807) is 18.3 Å². The molecule has 0 spiro atoms. The van der Waals surface area contributed by atoms with Gasteiger partial charge in [-0.25, -0.2) is 4.98 Å². The highest BCUT2D eigenvalue weighted by Gasteiger charge is 2.03. The monoisotopic (exact) mass is 313 g/mol. The van der Waals surface area contributed by atoms with Crippen LogP contribution in [0.5, 0.6) is 5.75 Å². The Hall–Kier alpha value is -1.33. The van der Waals surface area contributed by atoms with Gasteiger partial charge in [-0.1, -0.05) is 27.5 Å². The van der Waals surface area contributed by atoms with E-state index < -0.39 is 0 Å². The Kier molecular flexibility index (Phi) is 3.81. The largest absolute Gasteiger partial charge is 0.486 e. The molecule has 2 N–H and O–H groups in total. The third-order valence-electron chi connectivity index (χ3n) is 1.99. The molecule has 17 heavy (non-hydrogen) atoms. The normalized spacial score (nSPS) is 10.2. The van der Waals surface area contributed by atoms with Gasteiger partial charge in [0.05, 0.1) is 23.1 Å². The van der Waals surface area contributed by atoms with E-state index in [4.69, 9.17) is 22.1 Å². The van der Waals surface area contributed by atoms with Crippen molar-refractivity contribution in [1.82, 2.24) is 9.97 Å². The van der Waals surface area contributed by atoms with Gasteiger partial charge in [0.2, 0.25) is 0 Å². The first-order valence-electron chi connectivity index (χ1n) is 4.79. The lowest BCUT2D eigenvalue weighted by Crippen LogP contribution is -2.01. The zero-order valence-corrected chi connectivity index (χ0v) is 11.1. The van der Waals surface area contributed by atoms with Crippen molar-refractivity contribution in [2.24, 2.45) is 0 Å². The smallest absolute Gasteiger partial charge is 0.141 e. The molecule has 1 aromatic carbocycles. The molecule has 0 amide bonds. The Morgan fingerprint density at radius 3 is 2.76 bits per heavy atom. The molecule has 0 saturated heterocycles. The minimum atomic E-state index is 0.300. The van der Waals surface area contributed by atoms with Crippen LogP contribution < -0.4 is 10.5 Å². The Labute approximate surface area is 112 Å². The van der Waals surface area contributed by atoms with Crippen molar-refractivity contribution in [2.45, 2.75) is 6.61 Å². The third-order valence-corrected chi connectivity index (χ3v) is 2.78. The molecule has 88 valence electrons. The molecule has 0 fully saturated rings. The van der Waals surface area contributed by atoms with Crippen LogP contribution in [0.25, 0.3) is 0 Å². The van der Waals surface area contributed by atoms with Crippen LogP contribution in [0.4, 0.5) is 5.82 Å². The van der Waals surface area contributed by atoms with Gasteiger partial charge in [-0.2, -0.15) is 0 Å². The topological polar surface area (TPSA) is 61.0 Å². The van der Waals surface area contributed by atoms with Crippen LogP contribution in [-0.2, 0) is 6.61 Å². The van der Waals surface area contributed by atoms with Gasteiger partial charge in [-0.3, -0.25) is 4.98 Å².